The van der Waals surface area contributed by atoms with Gasteiger partial charge in [0, 0.05) is 13.3 Å². The van der Waals surface area contributed by atoms with Crippen LogP contribution in [0.5, 0.6) is 0 Å². The molecular formula is C32H56N2O7. The number of rotatable bonds is 16. The lowest BCUT2D eigenvalue weighted by molar-refractivity contribution is -0.386. The van der Waals surface area contributed by atoms with E-state index in [1.165, 1.54) is 95.4 Å². The summed E-state index contributed by atoms with van der Waals surface area (Å²) in [6.45, 7) is 11.4. The highest BCUT2D eigenvalue weighted by Gasteiger charge is 2.78. The molecule has 2 spiro atoms. The summed E-state index contributed by atoms with van der Waals surface area (Å²) < 4.78 is 37.8. The molecular weight excluding hydrogens is 524 g/mol. The Morgan fingerprint density at radius 2 is 1.37 bits per heavy atom. The third-order valence-corrected chi connectivity index (χ3v) is 8.71. The third kappa shape index (κ3) is 7.64. The largest absolute Gasteiger partial charge is 0.442 e. The van der Waals surface area contributed by atoms with Crippen LogP contribution in [0.1, 0.15) is 144 Å². The molecule has 0 radical (unpaired) electrons. The second-order valence-corrected chi connectivity index (χ2v) is 13.3. The number of amides is 1. The van der Waals surface area contributed by atoms with Crippen molar-refractivity contribution in [3.8, 4) is 0 Å². The summed E-state index contributed by atoms with van der Waals surface area (Å²) in [4.78, 5) is 13.0. The van der Waals surface area contributed by atoms with Crippen LogP contribution in [0.25, 0.3) is 0 Å². The van der Waals surface area contributed by atoms with E-state index >= 15 is 0 Å². The molecule has 3 saturated heterocycles. The second kappa shape index (κ2) is 14.0. The van der Waals surface area contributed by atoms with E-state index in [1.807, 2.05) is 27.7 Å². The fraction of sp³-hybridized carbons (Fsp3) is 0.938. The molecule has 0 aromatic carbocycles. The summed E-state index contributed by atoms with van der Waals surface area (Å²) in [5.41, 5.74) is -1.48. The van der Waals surface area contributed by atoms with Gasteiger partial charge in [0.15, 0.2) is 17.7 Å². The van der Waals surface area contributed by atoms with Crippen LogP contribution in [0.15, 0.2) is 5.10 Å². The Labute approximate surface area is 247 Å². The topological polar surface area (TPSA) is 88.1 Å². The molecule has 41 heavy (non-hydrogen) atoms. The maximum absolute atomic E-state index is 13.0. The van der Waals surface area contributed by atoms with Gasteiger partial charge < -0.3 is 28.4 Å². The first-order valence-corrected chi connectivity index (χ1v) is 16.5. The smallest absolute Gasteiger partial charge is 0.291 e. The van der Waals surface area contributed by atoms with Crippen LogP contribution in [-0.2, 0) is 33.2 Å². The molecule has 0 aliphatic carbocycles. The molecule has 9 nitrogen and oxygen atoms in total. The first-order valence-electron chi connectivity index (χ1n) is 16.5. The Hall–Kier alpha value is -1.26. The zero-order valence-electron chi connectivity index (χ0n) is 26.6. The van der Waals surface area contributed by atoms with E-state index in [-0.39, 0.29) is 19.1 Å². The lowest BCUT2D eigenvalue weighted by Gasteiger charge is -2.52. The van der Waals surface area contributed by atoms with Crippen molar-refractivity contribution in [1.82, 2.24) is 5.01 Å². The lowest BCUT2D eigenvalue weighted by Crippen LogP contribution is -2.76. The van der Waals surface area contributed by atoms with Crippen molar-refractivity contribution < 1.29 is 33.2 Å². The summed E-state index contributed by atoms with van der Waals surface area (Å²) in [7, 11) is 0. The molecule has 236 valence electrons. The molecule has 1 amide bonds. The summed E-state index contributed by atoms with van der Waals surface area (Å²) in [5, 5.41) is 6.03. The number of hydrazone groups is 1. The molecule has 4 rings (SSSR count). The van der Waals surface area contributed by atoms with Gasteiger partial charge in [-0.3, -0.25) is 4.79 Å². The van der Waals surface area contributed by atoms with E-state index in [2.05, 4.69) is 12.0 Å². The number of hydrogen-bond donors (Lipinski definition) is 0. The highest BCUT2D eigenvalue weighted by molar-refractivity contribution is 5.83. The van der Waals surface area contributed by atoms with Crippen LogP contribution in [0.3, 0.4) is 0 Å². The molecule has 4 atom stereocenters. The van der Waals surface area contributed by atoms with Crippen molar-refractivity contribution in [3.63, 3.8) is 0 Å². The average Bonchev–Trinajstić information content (AvgIpc) is 3.56. The van der Waals surface area contributed by atoms with Crippen molar-refractivity contribution in [1.29, 1.82) is 0 Å². The van der Waals surface area contributed by atoms with Gasteiger partial charge in [-0.2, -0.15) is 5.01 Å². The Morgan fingerprint density at radius 1 is 0.805 bits per heavy atom. The van der Waals surface area contributed by atoms with Crippen LogP contribution < -0.4 is 0 Å². The van der Waals surface area contributed by atoms with Gasteiger partial charge in [0.05, 0.1) is 6.61 Å². The fourth-order valence-electron chi connectivity index (χ4n) is 6.70. The van der Waals surface area contributed by atoms with Crippen LogP contribution in [-0.4, -0.2) is 65.3 Å². The van der Waals surface area contributed by atoms with Crippen molar-refractivity contribution in [3.05, 3.63) is 0 Å². The van der Waals surface area contributed by atoms with Gasteiger partial charge in [0.25, 0.3) is 11.5 Å². The SMILES string of the molecule is CCCCCCCCCCCCCCCCCC1=NN(C(C)=O)[C@]2(O1)[C@@H]1OC(C)(C)O[C@@H]1CO[C@]21COC(C)(C)O1. The van der Waals surface area contributed by atoms with E-state index in [1.54, 1.807) is 0 Å². The monoisotopic (exact) mass is 580 g/mol. The standard InChI is InChI=1S/C32H56N2O7/c1-7-8-9-10-11-12-13-14-15-16-17-18-19-20-21-22-27-33-34(25(2)35)32(39-27)28-26(38-30(5,6)40-28)23-36-31(32)24-37-29(3,4)41-31/h26,28H,7-24H2,1-6H3/t26-,28-,31+,32+/m1/s1. The normalized spacial score (nSPS) is 31.6. The van der Waals surface area contributed by atoms with Gasteiger partial charge in [-0.1, -0.05) is 96.8 Å². The Kier molecular flexibility index (Phi) is 11.2. The summed E-state index contributed by atoms with van der Waals surface area (Å²) >= 11 is 0. The Morgan fingerprint density at radius 3 is 1.88 bits per heavy atom. The minimum atomic E-state index is -1.48. The van der Waals surface area contributed by atoms with Gasteiger partial charge in [0.1, 0.15) is 12.7 Å². The molecule has 3 fully saturated rings. The van der Waals surface area contributed by atoms with Crippen molar-refractivity contribution in [2.75, 3.05) is 13.2 Å². The lowest BCUT2D eigenvalue weighted by atomic mass is 9.88. The Balaban J connectivity index is 1.24. The number of hydrogen-bond acceptors (Lipinski definition) is 8. The molecule has 0 aromatic heterocycles. The van der Waals surface area contributed by atoms with E-state index in [0.717, 1.165) is 12.8 Å². The molecule has 0 unspecified atom stereocenters. The quantitative estimate of drug-likeness (QED) is 0.179. The minimum absolute atomic E-state index is 0.0819. The molecule has 0 aromatic rings. The second-order valence-electron chi connectivity index (χ2n) is 13.3. The molecule has 9 heteroatoms. The molecule has 4 aliphatic rings. The maximum atomic E-state index is 13.0. The highest BCUT2D eigenvalue weighted by Crippen LogP contribution is 2.54. The Bertz CT molecular complexity index is 891. The number of nitrogens with zero attached hydrogens (tertiary/aromatic N) is 2. The average molecular weight is 581 g/mol. The van der Waals surface area contributed by atoms with Crippen LogP contribution in [0, 0.1) is 0 Å². The zero-order chi connectivity index (χ0) is 29.6. The number of carbonyl (C=O) groups is 1. The number of fused-ring (bicyclic) bond motifs is 3. The summed E-state index contributed by atoms with van der Waals surface area (Å²) in [5.74, 6) is -2.96. The number of unbranched alkanes of at least 4 members (excludes halogenated alkanes) is 14. The van der Waals surface area contributed by atoms with Crippen LogP contribution in [0.4, 0.5) is 0 Å². The van der Waals surface area contributed by atoms with E-state index in [9.17, 15) is 4.79 Å². The molecule has 4 aliphatic heterocycles. The molecule has 0 N–H and O–H groups in total. The third-order valence-electron chi connectivity index (χ3n) is 8.71. The van der Waals surface area contributed by atoms with Gasteiger partial charge in [0.2, 0.25) is 11.8 Å². The van der Waals surface area contributed by atoms with Crippen molar-refractivity contribution >= 4 is 11.8 Å². The van der Waals surface area contributed by atoms with Gasteiger partial charge >= 0.3 is 0 Å². The first kappa shape index (κ1) is 32.6. The van der Waals surface area contributed by atoms with Gasteiger partial charge in [-0.15, -0.1) is 5.10 Å². The number of carbonyl (C=O) groups excluding carboxylic acids is 1. The first-order chi connectivity index (χ1) is 19.5. The highest BCUT2D eigenvalue weighted by atomic mass is 16.9. The number of ether oxygens (including phenoxy) is 6. The zero-order valence-corrected chi connectivity index (χ0v) is 26.6. The van der Waals surface area contributed by atoms with Crippen LogP contribution in [0.2, 0.25) is 0 Å². The van der Waals surface area contributed by atoms with E-state index in [4.69, 9.17) is 28.4 Å². The molecule has 4 heterocycles. The minimum Gasteiger partial charge on any atom is -0.442 e. The predicted molar refractivity (Wildman–Crippen MR) is 157 cm³/mol. The predicted octanol–water partition coefficient (Wildman–Crippen LogP) is 7.17. The van der Waals surface area contributed by atoms with Gasteiger partial charge in [-0.25, -0.2) is 0 Å². The fourth-order valence-corrected chi connectivity index (χ4v) is 6.70. The van der Waals surface area contributed by atoms with Gasteiger partial charge in [-0.05, 0) is 34.1 Å². The van der Waals surface area contributed by atoms with E-state index < -0.39 is 35.3 Å². The van der Waals surface area contributed by atoms with Crippen molar-refractivity contribution in [2.24, 2.45) is 5.10 Å². The van der Waals surface area contributed by atoms with Crippen LogP contribution >= 0.6 is 0 Å². The summed E-state index contributed by atoms with van der Waals surface area (Å²) in [6.07, 6.45) is 19.1. The molecule has 0 saturated carbocycles. The van der Waals surface area contributed by atoms with Crippen molar-refractivity contribution in [2.45, 2.75) is 180 Å². The molecule has 0 bridgehead atoms. The van der Waals surface area contributed by atoms with E-state index in [0.29, 0.717) is 12.3 Å². The summed E-state index contributed by atoms with van der Waals surface area (Å²) in [6, 6.07) is 0. The maximum Gasteiger partial charge on any atom is 0.291 e.